The Labute approximate surface area is 139 Å². The smallest absolute Gasteiger partial charge is 0.377 e. The van der Waals surface area contributed by atoms with Gasteiger partial charge in [0.1, 0.15) is 19.5 Å². The third-order valence-corrected chi connectivity index (χ3v) is 3.12. The van der Waals surface area contributed by atoms with Crippen LogP contribution in [0.2, 0.25) is 0 Å². The first-order valence-electron chi connectivity index (χ1n) is 7.23. The molecule has 24 heavy (non-hydrogen) atoms. The van der Waals surface area contributed by atoms with Crippen molar-refractivity contribution in [3.63, 3.8) is 0 Å². The molecule has 0 bridgehead atoms. The molecule has 0 spiro atoms. The standard InChI is InChI=1S/C16H19NO7/c1-20-12-4-3-11(7-13(12)21-2)8-17-15(18)10-24-16(19)14-9-22-5-6-23-14/h3-4,7,9H,5-6,8,10H2,1-2H3,(H,17,18). The number of hydrogen-bond acceptors (Lipinski definition) is 7. The van der Waals surface area contributed by atoms with Gasteiger partial charge < -0.3 is 29.0 Å². The monoisotopic (exact) mass is 337 g/mol. The lowest BCUT2D eigenvalue weighted by Crippen LogP contribution is -2.29. The fourth-order valence-corrected chi connectivity index (χ4v) is 1.92. The largest absolute Gasteiger partial charge is 0.493 e. The molecule has 2 rings (SSSR count). The number of carbonyl (C=O) groups excluding carboxylic acids is 2. The van der Waals surface area contributed by atoms with Gasteiger partial charge in [0.15, 0.2) is 18.1 Å². The molecule has 1 aliphatic rings. The summed E-state index contributed by atoms with van der Waals surface area (Å²) in [6.07, 6.45) is 1.17. The maximum Gasteiger partial charge on any atom is 0.377 e. The zero-order valence-electron chi connectivity index (χ0n) is 13.5. The number of esters is 1. The minimum Gasteiger partial charge on any atom is -0.493 e. The predicted octanol–water partition coefficient (Wildman–Crippen LogP) is 0.751. The molecule has 1 heterocycles. The van der Waals surface area contributed by atoms with Gasteiger partial charge in [0.05, 0.1) is 14.2 Å². The van der Waals surface area contributed by atoms with Gasteiger partial charge in [-0.3, -0.25) is 4.79 Å². The van der Waals surface area contributed by atoms with Gasteiger partial charge in [0.25, 0.3) is 5.91 Å². The number of carbonyl (C=O) groups is 2. The van der Waals surface area contributed by atoms with E-state index < -0.39 is 18.5 Å². The summed E-state index contributed by atoms with van der Waals surface area (Å²) in [4.78, 5) is 23.4. The zero-order valence-corrected chi connectivity index (χ0v) is 13.5. The fraction of sp³-hybridized carbons (Fsp3) is 0.375. The van der Waals surface area contributed by atoms with E-state index in [1.54, 1.807) is 25.3 Å². The summed E-state index contributed by atoms with van der Waals surface area (Å²) in [5.41, 5.74) is 0.819. The fourth-order valence-electron chi connectivity index (χ4n) is 1.92. The molecule has 0 aromatic heterocycles. The van der Waals surface area contributed by atoms with Crippen LogP contribution in [0.5, 0.6) is 11.5 Å². The van der Waals surface area contributed by atoms with Gasteiger partial charge in [0.2, 0.25) is 5.76 Å². The molecule has 0 aliphatic carbocycles. The normalized spacial score (nSPS) is 13.0. The molecule has 0 saturated carbocycles. The van der Waals surface area contributed by atoms with Gasteiger partial charge >= 0.3 is 5.97 Å². The highest BCUT2D eigenvalue weighted by molar-refractivity contribution is 5.88. The minimum atomic E-state index is -0.740. The van der Waals surface area contributed by atoms with E-state index in [0.717, 1.165) is 5.56 Å². The molecule has 0 radical (unpaired) electrons. The second-order valence-corrected chi connectivity index (χ2v) is 4.74. The Morgan fingerprint density at radius 2 is 1.96 bits per heavy atom. The quantitative estimate of drug-likeness (QED) is 0.734. The Morgan fingerprint density at radius 3 is 2.62 bits per heavy atom. The van der Waals surface area contributed by atoms with Crippen molar-refractivity contribution in [2.24, 2.45) is 0 Å². The van der Waals surface area contributed by atoms with Crippen molar-refractivity contribution < 1.29 is 33.3 Å². The maximum atomic E-state index is 11.7. The Kier molecular flexibility index (Phi) is 6.30. The average Bonchev–Trinajstić information content (AvgIpc) is 2.64. The van der Waals surface area contributed by atoms with E-state index in [1.165, 1.54) is 13.4 Å². The van der Waals surface area contributed by atoms with Gasteiger partial charge in [-0.1, -0.05) is 6.07 Å². The van der Waals surface area contributed by atoms with Gasteiger partial charge in [0, 0.05) is 6.54 Å². The number of methoxy groups -OCH3 is 2. The highest BCUT2D eigenvalue weighted by Gasteiger charge is 2.17. The van der Waals surface area contributed by atoms with Crippen molar-refractivity contribution in [3.8, 4) is 11.5 Å². The molecule has 1 N–H and O–H groups in total. The van der Waals surface area contributed by atoms with Crippen LogP contribution in [-0.2, 0) is 30.3 Å². The molecule has 0 fully saturated rings. The van der Waals surface area contributed by atoms with Crippen LogP contribution in [0.15, 0.2) is 30.2 Å². The van der Waals surface area contributed by atoms with Crippen molar-refractivity contribution in [1.82, 2.24) is 5.32 Å². The molecule has 0 saturated heterocycles. The van der Waals surface area contributed by atoms with E-state index in [9.17, 15) is 9.59 Å². The maximum absolute atomic E-state index is 11.7. The Balaban J connectivity index is 1.78. The van der Waals surface area contributed by atoms with Gasteiger partial charge in [-0.05, 0) is 17.7 Å². The first kappa shape index (κ1) is 17.5. The van der Waals surface area contributed by atoms with Crippen molar-refractivity contribution in [3.05, 3.63) is 35.8 Å². The number of benzene rings is 1. The molecule has 1 amide bonds. The van der Waals surface area contributed by atoms with Crippen LogP contribution in [-0.4, -0.2) is 45.9 Å². The molecule has 1 aromatic rings. The Bertz CT molecular complexity index is 627. The lowest BCUT2D eigenvalue weighted by atomic mass is 10.2. The Morgan fingerprint density at radius 1 is 1.17 bits per heavy atom. The second kappa shape index (κ2) is 8.66. The molecule has 1 aliphatic heterocycles. The molecule has 0 unspecified atom stereocenters. The lowest BCUT2D eigenvalue weighted by Gasteiger charge is -2.14. The Hall–Kier alpha value is -2.90. The van der Waals surface area contributed by atoms with Crippen molar-refractivity contribution in [1.29, 1.82) is 0 Å². The predicted molar refractivity (Wildman–Crippen MR) is 82.3 cm³/mol. The number of amides is 1. The number of nitrogens with one attached hydrogen (secondary N) is 1. The molecular formula is C16H19NO7. The first-order chi connectivity index (χ1) is 11.6. The van der Waals surface area contributed by atoms with Crippen molar-refractivity contribution >= 4 is 11.9 Å². The van der Waals surface area contributed by atoms with Crippen LogP contribution >= 0.6 is 0 Å². The van der Waals surface area contributed by atoms with E-state index in [-0.39, 0.29) is 18.9 Å². The molecule has 8 nitrogen and oxygen atoms in total. The summed E-state index contributed by atoms with van der Waals surface area (Å²) < 4.78 is 25.2. The summed E-state index contributed by atoms with van der Waals surface area (Å²) in [6.45, 7) is 0.501. The van der Waals surface area contributed by atoms with E-state index in [4.69, 9.17) is 23.7 Å². The van der Waals surface area contributed by atoms with Crippen LogP contribution in [0.25, 0.3) is 0 Å². The summed E-state index contributed by atoms with van der Waals surface area (Å²) in [5, 5.41) is 2.64. The first-order valence-corrected chi connectivity index (χ1v) is 7.23. The third-order valence-electron chi connectivity index (χ3n) is 3.12. The van der Waals surface area contributed by atoms with Crippen LogP contribution in [0.3, 0.4) is 0 Å². The van der Waals surface area contributed by atoms with E-state index in [1.807, 2.05) is 0 Å². The van der Waals surface area contributed by atoms with E-state index in [0.29, 0.717) is 18.1 Å². The van der Waals surface area contributed by atoms with Gasteiger partial charge in [-0.25, -0.2) is 4.79 Å². The van der Waals surface area contributed by atoms with Crippen molar-refractivity contribution in [2.45, 2.75) is 6.54 Å². The van der Waals surface area contributed by atoms with Gasteiger partial charge in [-0.15, -0.1) is 0 Å². The lowest BCUT2D eigenvalue weighted by molar-refractivity contribution is -0.149. The van der Waals surface area contributed by atoms with E-state index in [2.05, 4.69) is 5.32 Å². The molecular weight excluding hydrogens is 318 g/mol. The highest BCUT2D eigenvalue weighted by atomic mass is 16.6. The van der Waals surface area contributed by atoms with Crippen LogP contribution in [0.1, 0.15) is 5.56 Å². The molecule has 0 atom stereocenters. The number of ether oxygens (including phenoxy) is 5. The van der Waals surface area contributed by atoms with E-state index >= 15 is 0 Å². The van der Waals surface area contributed by atoms with Crippen LogP contribution < -0.4 is 14.8 Å². The third kappa shape index (κ3) is 4.80. The zero-order chi connectivity index (χ0) is 17.4. The summed E-state index contributed by atoms with van der Waals surface area (Å²) in [7, 11) is 3.08. The van der Waals surface area contributed by atoms with Gasteiger partial charge in [-0.2, -0.15) is 0 Å². The topological polar surface area (TPSA) is 92.3 Å². The average molecular weight is 337 g/mol. The van der Waals surface area contributed by atoms with Crippen LogP contribution in [0, 0.1) is 0 Å². The highest BCUT2D eigenvalue weighted by Crippen LogP contribution is 2.27. The summed E-state index contributed by atoms with van der Waals surface area (Å²) >= 11 is 0. The SMILES string of the molecule is COc1ccc(CNC(=O)COC(=O)C2=COCCO2)cc1OC. The second-order valence-electron chi connectivity index (χ2n) is 4.74. The molecule has 1 aromatic carbocycles. The minimum absolute atomic E-state index is 0.0473. The molecule has 130 valence electrons. The number of rotatable bonds is 7. The summed E-state index contributed by atoms with van der Waals surface area (Å²) in [5.74, 6) is -0.0538. The van der Waals surface area contributed by atoms with Crippen molar-refractivity contribution in [2.75, 3.05) is 34.0 Å². The molecule has 8 heteroatoms. The summed E-state index contributed by atoms with van der Waals surface area (Å²) in [6, 6.07) is 5.29. The number of hydrogen-bond donors (Lipinski definition) is 1. The van der Waals surface area contributed by atoms with Crippen LogP contribution in [0.4, 0.5) is 0 Å².